The molecule has 0 aromatic rings. The zero-order valence-electron chi connectivity index (χ0n) is 12.1. The molecule has 21 heavy (non-hydrogen) atoms. The Balaban J connectivity index is 2.72. The van der Waals surface area contributed by atoms with E-state index < -0.39 is 41.4 Å². The van der Waals surface area contributed by atoms with E-state index in [-0.39, 0.29) is 13.1 Å². The minimum absolute atomic E-state index is 0.300. The van der Waals surface area contributed by atoms with Crippen molar-refractivity contribution >= 4 is 23.8 Å². The zero-order valence-corrected chi connectivity index (χ0v) is 12.1. The van der Waals surface area contributed by atoms with Crippen molar-refractivity contribution in [1.29, 1.82) is 0 Å². The number of nitrogens with zero attached hydrogens (tertiary/aromatic N) is 1. The van der Waals surface area contributed by atoms with Gasteiger partial charge in [0.25, 0.3) is 5.91 Å². The van der Waals surface area contributed by atoms with E-state index in [1.165, 1.54) is 20.8 Å². The first-order chi connectivity index (χ1) is 9.45. The van der Waals surface area contributed by atoms with Gasteiger partial charge < -0.3 is 20.4 Å². The summed E-state index contributed by atoms with van der Waals surface area (Å²) in [5, 5.41) is 22.9. The van der Waals surface area contributed by atoms with Crippen molar-refractivity contribution in [2.24, 2.45) is 0 Å². The van der Waals surface area contributed by atoms with Crippen LogP contribution in [0.1, 0.15) is 27.2 Å². The first-order valence-corrected chi connectivity index (χ1v) is 6.29. The Morgan fingerprint density at radius 2 is 2.00 bits per heavy atom. The molecule has 9 heteroatoms. The molecular formula is C12H19N3O6. The van der Waals surface area contributed by atoms with Gasteiger partial charge in [-0.1, -0.05) is 0 Å². The first kappa shape index (κ1) is 16.9. The monoisotopic (exact) mass is 301 g/mol. The fourth-order valence-electron chi connectivity index (χ4n) is 1.86. The van der Waals surface area contributed by atoms with E-state index in [0.717, 1.165) is 4.90 Å². The molecule has 0 spiro atoms. The highest BCUT2D eigenvalue weighted by Crippen LogP contribution is 2.18. The summed E-state index contributed by atoms with van der Waals surface area (Å²) in [5.74, 6) is -2.42. The standard InChI is InChI=1S/C12H19N3O6/c1-11(2)9(19)14-7(16)5-15(11)10(20)13-6-12(3,21)4-8(17)18/h21H,4-6H2,1-3H3,(H,13,20)(H,17,18)(H,14,16,19). The minimum atomic E-state index is -1.63. The average Bonchev–Trinajstić information content (AvgIpc) is 2.29. The van der Waals surface area contributed by atoms with Gasteiger partial charge in [-0.25, -0.2) is 4.79 Å². The van der Waals surface area contributed by atoms with Gasteiger partial charge in [-0.3, -0.25) is 19.7 Å². The predicted molar refractivity (Wildman–Crippen MR) is 70.2 cm³/mol. The lowest BCUT2D eigenvalue weighted by Gasteiger charge is -2.40. The van der Waals surface area contributed by atoms with E-state index in [9.17, 15) is 24.3 Å². The maximum absolute atomic E-state index is 12.1. The van der Waals surface area contributed by atoms with Gasteiger partial charge in [0, 0.05) is 6.54 Å². The Hall–Kier alpha value is -2.16. The van der Waals surface area contributed by atoms with Gasteiger partial charge in [0.1, 0.15) is 12.1 Å². The van der Waals surface area contributed by atoms with Crippen LogP contribution in [-0.4, -0.2) is 63.2 Å². The highest BCUT2D eigenvalue weighted by atomic mass is 16.4. The average molecular weight is 301 g/mol. The zero-order chi connectivity index (χ0) is 16.4. The number of carboxylic acids is 1. The van der Waals surface area contributed by atoms with Crippen molar-refractivity contribution in [3.8, 4) is 0 Å². The summed E-state index contributed by atoms with van der Waals surface area (Å²) in [6, 6.07) is -0.728. The molecule has 4 N–H and O–H groups in total. The molecule has 0 aromatic carbocycles. The largest absolute Gasteiger partial charge is 0.481 e. The Bertz CT molecular complexity index is 485. The Morgan fingerprint density at radius 1 is 1.43 bits per heavy atom. The van der Waals surface area contributed by atoms with E-state index in [1.54, 1.807) is 0 Å². The van der Waals surface area contributed by atoms with Crippen LogP contribution < -0.4 is 10.6 Å². The number of hydrogen-bond donors (Lipinski definition) is 4. The molecule has 1 aliphatic rings. The summed E-state index contributed by atoms with van der Waals surface area (Å²) in [6.45, 7) is 3.60. The molecule has 1 rings (SSSR count). The number of aliphatic carboxylic acids is 1. The quantitative estimate of drug-likeness (QED) is 0.474. The number of nitrogens with one attached hydrogen (secondary N) is 2. The normalized spacial score (nSPS) is 20.5. The summed E-state index contributed by atoms with van der Waals surface area (Å²) in [5.41, 5.74) is -2.86. The fraction of sp³-hybridized carbons (Fsp3) is 0.667. The molecule has 1 unspecified atom stereocenters. The third kappa shape index (κ3) is 4.15. The molecule has 0 aliphatic carbocycles. The maximum Gasteiger partial charge on any atom is 0.318 e. The van der Waals surface area contributed by atoms with Gasteiger partial charge in [-0.05, 0) is 20.8 Å². The van der Waals surface area contributed by atoms with E-state index in [4.69, 9.17) is 5.11 Å². The van der Waals surface area contributed by atoms with Crippen LogP contribution in [0.15, 0.2) is 0 Å². The number of amides is 4. The lowest BCUT2D eigenvalue weighted by atomic mass is 9.99. The summed E-state index contributed by atoms with van der Waals surface area (Å²) in [6.07, 6.45) is -0.546. The number of imide groups is 1. The summed E-state index contributed by atoms with van der Waals surface area (Å²) in [7, 11) is 0. The van der Waals surface area contributed by atoms with Crippen molar-refractivity contribution in [1.82, 2.24) is 15.5 Å². The second-order valence-electron chi connectivity index (χ2n) is 5.75. The van der Waals surface area contributed by atoms with Gasteiger partial charge in [0.2, 0.25) is 5.91 Å². The number of aliphatic hydroxyl groups is 1. The van der Waals surface area contributed by atoms with Crippen molar-refractivity contribution in [3.63, 3.8) is 0 Å². The molecule has 0 saturated carbocycles. The lowest BCUT2D eigenvalue weighted by molar-refractivity contribution is -0.143. The maximum atomic E-state index is 12.1. The molecule has 118 valence electrons. The molecule has 4 amide bonds. The van der Waals surface area contributed by atoms with Gasteiger partial charge in [0.05, 0.1) is 12.0 Å². The van der Waals surface area contributed by atoms with Crippen LogP contribution in [0.4, 0.5) is 4.79 Å². The van der Waals surface area contributed by atoms with Gasteiger partial charge in [-0.2, -0.15) is 0 Å². The number of urea groups is 1. The van der Waals surface area contributed by atoms with E-state index >= 15 is 0 Å². The number of piperazine rings is 1. The smallest absolute Gasteiger partial charge is 0.318 e. The number of carbonyl (C=O) groups is 4. The molecule has 1 fully saturated rings. The van der Waals surface area contributed by atoms with Gasteiger partial charge in [0.15, 0.2) is 0 Å². The minimum Gasteiger partial charge on any atom is -0.481 e. The van der Waals surface area contributed by atoms with Crippen molar-refractivity contribution in [2.75, 3.05) is 13.1 Å². The molecule has 1 heterocycles. The molecule has 0 radical (unpaired) electrons. The van der Waals surface area contributed by atoms with Crippen LogP contribution in [-0.2, 0) is 14.4 Å². The number of carbonyl (C=O) groups excluding carboxylic acids is 3. The number of carboxylic acid groups (broad SMARTS) is 1. The van der Waals surface area contributed by atoms with Crippen LogP contribution in [0.5, 0.6) is 0 Å². The van der Waals surface area contributed by atoms with Crippen LogP contribution in [0.2, 0.25) is 0 Å². The van der Waals surface area contributed by atoms with Crippen LogP contribution in [0.25, 0.3) is 0 Å². The van der Waals surface area contributed by atoms with Crippen molar-refractivity contribution in [3.05, 3.63) is 0 Å². The van der Waals surface area contributed by atoms with Crippen molar-refractivity contribution < 1.29 is 29.4 Å². The SMILES string of the molecule is CC(O)(CNC(=O)N1CC(=O)NC(=O)C1(C)C)CC(=O)O. The molecule has 1 atom stereocenters. The molecule has 1 aliphatic heterocycles. The second-order valence-corrected chi connectivity index (χ2v) is 5.75. The molecular weight excluding hydrogens is 282 g/mol. The van der Waals surface area contributed by atoms with Crippen molar-refractivity contribution in [2.45, 2.75) is 38.3 Å². The van der Waals surface area contributed by atoms with Gasteiger partial charge >= 0.3 is 12.0 Å². The lowest BCUT2D eigenvalue weighted by Crippen LogP contribution is -2.67. The molecule has 9 nitrogen and oxygen atoms in total. The van der Waals surface area contributed by atoms with E-state index in [1.807, 2.05) is 0 Å². The van der Waals surface area contributed by atoms with E-state index in [2.05, 4.69) is 10.6 Å². The predicted octanol–water partition coefficient (Wildman–Crippen LogP) is -1.34. The Morgan fingerprint density at radius 3 is 2.52 bits per heavy atom. The number of hydrogen-bond acceptors (Lipinski definition) is 5. The first-order valence-electron chi connectivity index (χ1n) is 6.29. The van der Waals surface area contributed by atoms with Crippen LogP contribution in [0.3, 0.4) is 0 Å². The summed E-state index contributed by atoms with van der Waals surface area (Å²) >= 11 is 0. The third-order valence-electron chi connectivity index (χ3n) is 3.18. The van der Waals surface area contributed by atoms with Gasteiger partial charge in [-0.15, -0.1) is 0 Å². The molecule has 1 saturated heterocycles. The highest BCUT2D eigenvalue weighted by Gasteiger charge is 2.43. The summed E-state index contributed by atoms with van der Waals surface area (Å²) < 4.78 is 0. The van der Waals surface area contributed by atoms with Crippen LogP contribution in [0, 0.1) is 0 Å². The van der Waals surface area contributed by atoms with E-state index in [0.29, 0.717) is 0 Å². The summed E-state index contributed by atoms with van der Waals surface area (Å²) in [4.78, 5) is 46.7. The Labute approximate surface area is 121 Å². The fourth-order valence-corrected chi connectivity index (χ4v) is 1.86. The second kappa shape index (κ2) is 5.68. The molecule has 0 bridgehead atoms. The number of rotatable bonds is 4. The Kier molecular flexibility index (Phi) is 4.57. The topological polar surface area (TPSA) is 136 Å². The molecule has 0 aromatic heterocycles. The highest BCUT2D eigenvalue weighted by molar-refractivity contribution is 6.05. The van der Waals surface area contributed by atoms with Crippen LogP contribution >= 0.6 is 0 Å². The third-order valence-corrected chi connectivity index (χ3v) is 3.18.